The standard InChI is InChI=1S/C16H23FN2O2/c1-3-16(8-9-18-12-16)15(20)19(2)10-11-21-14-6-4-13(17)5-7-14/h4-7,18H,3,8-12H2,1-2H3. The van der Waals surface area contributed by atoms with E-state index in [1.807, 2.05) is 7.05 Å². The minimum atomic E-state index is -0.284. The van der Waals surface area contributed by atoms with Crippen LogP contribution in [0.25, 0.3) is 0 Å². The highest BCUT2D eigenvalue weighted by Gasteiger charge is 2.40. The molecule has 1 aliphatic rings. The van der Waals surface area contributed by atoms with Crippen LogP contribution in [0, 0.1) is 11.2 Å². The number of hydrogen-bond donors (Lipinski definition) is 1. The van der Waals surface area contributed by atoms with Gasteiger partial charge >= 0.3 is 0 Å². The summed E-state index contributed by atoms with van der Waals surface area (Å²) in [6.07, 6.45) is 1.74. The van der Waals surface area contributed by atoms with Gasteiger partial charge in [0.15, 0.2) is 0 Å². The molecule has 116 valence electrons. The number of carbonyl (C=O) groups is 1. The highest BCUT2D eigenvalue weighted by atomic mass is 19.1. The smallest absolute Gasteiger partial charge is 0.229 e. The number of carbonyl (C=O) groups excluding carboxylic acids is 1. The minimum Gasteiger partial charge on any atom is -0.492 e. The van der Waals surface area contributed by atoms with Gasteiger partial charge < -0.3 is 15.0 Å². The lowest BCUT2D eigenvalue weighted by Crippen LogP contribution is -2.44. The second-order valence-electron chi connectivity index (χ2n) is 5.59. The van der Waals surface area contributed by atoms with E-state index in [0.29, 0.717) is 18.9 Å². The quantitative estimate of drug-likeness (QED) is 0.873. The molecule has 1 fully saturated rings. The van der Waals surface area contributed by atoms with Crippen LogP contribution < -0.4 is 10.1 Å². The molecular formula is C16H23FN2O2. The van der Waals surface area contributed by atoms with E-state index in [1.165, 1.54) is 12.1 Å². The molecule has 4 nitrogen and oxygen atoms in total. The predicted molar refractivity (Wildman–Crippen MR) is 79.7 cm³/mol. The van der Waals surface area contributed by atoms with E-state index >= 15 is 0 Å². The number of nitrogens with one attached hydrogen (secondary N) is 1. The summed E-state index contributed by atoms with van der Waals surface area (Å²) in [5.74, 6) is 0.510. The van der Waals surface area contributed by atoms with Crippen LogP contribution in [-0.2, 0) is 4.79 Å². The largest absolute Gasteiger partial charge is 0.492 e. The number of likely N-dealkylation sites (N-methyl/N-ethyl adjacent to an activating group) is 1. The lowest BCUT2D eigenvalue weighted by Gasteiger charge is -2.30. The van der Waals surface area contributed by atoms with Crippen molar-refractivity contribution in [3.05, 3.63) is 30.1 Å². The molecule has 0 bridgehead atoms. The summed E-state index contributed by atoms with van der Waals surface area (Å²) in [6.45, 7) is 4.65. The molecule has 0 aromatic heterocycles. The van der Waals surface area contributed by atoms with Crippen molar-refractivity contribution in [2.75, 3.05) is 33.3 Å². The fraction of sp³-hybridized carbons (Fsp3) is 0.562. The van der Waals surface area contributed by atoms with Crippen LogP contribution in [0.1, 0.15) is 19.8 Å². The average Bonchev–Trinajstić information content (AvgIpc) is 2.98. The highest BCUT2D eigenvalue weighted by molar-refractivity contribution is 5.83. The number of nitrogens with zero attached hydrogens (tertiary/aromatic N) is 1. The Morgan fingerprint density at radius 3 is 2.71 bits per heavy atom. The van der Waals surface area contributed by atoms with Gasteiger partial charge in [-0.1, -0.05) is 6.92 Å². The molecule has 1 N–H and O–H groups in total. The van der Waals surface area contributed by atoms with Crippen molar-refractivity contribution < 1.29 is 13.9 Å². The van der Waals surface area contributed by atoms with Gasteiger partial charge in [-0.15, -0.1) is 0 Å². The Morgan fingerprint density at radius 2 is 2.14 bits per heavy atom. The van der Waals surface area contributed by atoms with Crippen molar-refractivity contribution in [2.45, 2.75) is 19.8 Å². The number of amides is 1. The summed E-state index contributed by atoms with van der Waals surface area (Å²) in [7, 11) is 1.81. The average molecular weight is 294 g/mol. The molecule has 1 unspecified atom stereocenters. The van der Waals surface area contributed by atoms with Gasteiger partial charge in [0.25, 0.3) is 0 Å². The van der Waals surface area contributed by atoms with Gasteiger partial charge in [-0.3, -0.25) is 4.79 Å². The van der Waals surface area contributed by atoms with Crippen molar-refractivity contribution in [1.29, 1.82) is 0 Å². The molecule has 1 aromatic carbocycles. The fourth-order valence-corrected chi connectivity index (χ4v) is 2.72. The van der Waals surface area contributed by atoms with Crippen LogP contribution in [0.5, 0.6) is 5.75 Å². The first-order chi connectivity index (χ1) is 10.1. The lowest BCUT2D eigenvalue weighted by molar-refractivity contribution is -0.140. The molecule has 0 aliphatic carbocycles. The first-order valence-corrected chi connectivity index (χ1v) is 7.42. The van der Waals surface area contributed by atoms with Crippen LogP contribution in [0.3, 0.4) is 0 Å². The summed E-state index contributed by atoms with van der Waals surface area (Å²) in [5, 5.41) is 3.27. The molecule has 1 heterocycles. The Morgan fingerprint density at radius 1 is 1.43 bits per heavy atom. The monoisotopic (exact) mass is 294 g/mol. The number of benzene rings is 1. The molecule has 0 spiro atoms. The van der Waals surface area contributed by atoms with E-state index in [1.54, 1.807) is 17.0 Å². The third-order valence-electron chi connectivity index (χ3n) is 4.23. The topological polar surface area (TPSA) is 41.6 Å². The van der Waals surface area contributed by atoms with Gasteiger partial charge in [0, 0.05) is 13.6 Å². The third kappa shape index (κ3) is 3.73. The van der Waals surface area contributed by atoms with E-state index in [9.17, 15) is 9.18 Å². The van der Waals surface area contributed by atoms with Gasteiger partial charge in [0.05, 0.1) is 12.0 Å². The molecular weight excluding hydrogens is 271 g/mol. The third-order valence-corrected chi connectivity index (χ3v) is 4.23. The second-order valence-corrected chi connectivity index (χ2v) is 5.59. The molecule has 0 radical (unpaired) electrons. The van der Waals surface area contributed by atoms with Crippen molar-refractivity contribution in [2.24, 2.45) is 5.41 Å². The first kappa shape index (κ1) is 15.8. The van der Waals surface area contributed by atoms with Crippen molar-refractivity contribution in [3.63, 3.8) is 0 Å². The second kappa shape index (κ2) is 6.89. The van der Waals surface area contributed by atoms with Crippen molar-refractivity contribution in [3.8, 4) is 5.75 Å². The van der Waals surface area contributed by atoms with Gasteiger partial charge in [-0.05, 0) is 43.7 Å². The zero-order chi connectivity index (χ0) is 15.3. The molecule has 1 saturated heterocycles. The van der Waals surface area contributed by atoms with Gasteiger partial charge in [0.1, 0.15) is 18.2 Å². The fourth-order valence-electron chi connectivity index (χ4n) is 2.72. The lowest BCUT2D eigenvalue weighted by atomic mass is 9.83. The predicted octanol–water partition coefficient (Wildman–Crippen LogP) is 2.05. The number of ether oxygens (including phenoxy) is 1. The van der Waals surface area contributed by atoms with E-state index < -0.39 is 0 Å². The van der Waals surface area contributed by atoms with Gasteiger partial charge in [0.2, 0.25) is 5.91 Å². The zero-order valence-electron chi connectivity index (χ0n) is 12.7. The maximum atomic E-state index is 12.8. The maximum Gasteiger partial charge on any atom is 0.229 e. The number of hydrogen-bond acceptors (Lipinski definition) is 3. The molecule has 0 saturated carbocycles. The van der Waals surface area contributed by atoms with Crippen molar-refractivity contribution >= 4 is 5.91 Å². The Hall–Kier alpha value is -1.62. The van der Waals surface area contributed by atoms with E-state index in [4.69, 9.17) is 4.74 Å². The van der Waals surface area contributed by atoms with E-state index in [0.717, 1.165) is 25.9 Å². The van der Waals surface area contributed by atoms with E-state index in [-0.39, 0.29) is 17.1 Å². The maximum absolute atomic E-state index is 12.8. The Kier molecular flexibility index (Phi) is 5.17. The van der Waals surface area contributed by atoms with Gasteiger partial charge in [-0.2, -0.15) is 0 Å². The van der Waals surface area contributed by atoms with Crippen LogP contribution in [0.15, 0.2) is 24.3 Å². The summed E-state index contributed by atoms with van der Waals surface area (Å²) < 4.78 is 18.3. The van der Waals surface area contributed by atoms with Crippen LogP contribution in [0.2, 0.25) is 0 Å². The highest BCUT2D eigenvalue weighted by Crippen LogP contribution is 2.31. The van der Waals surface area contributed by atoms with Crippen molar-refractivity contribution in [1.82, 2.24) is 10.2 Å². The molecule has 1 aliphatic heterocycles. The molecule has 5 heteroatoms. The van der Waals surface area contributed by atoms with E-state index in [2.05, 4.69) is 12.2 Å². The minimum absolute atomic E-state index is 0.178. The SMILES string of the molecule is CCC1(C(=O)N(C)CCOc2ccc(F)cc2)CCNC1. The Balaban J connectivity index is 1.82. The van der Waals surface area contributed by atoms with Crippen LogP contribution in [-0.4, -0.2) is 44.1 Å². The van der Waals surface area contributed by atoms with Crippen LogP contribution >= 0.6 is 0 Å². The summed E-state index contributed by atoms with van der Waals surface area (Å²) in [6, 6.07) is 5.90. The number of rotatable bonds is 6. The molecule has 2 rings (SSSR count). The molecule has 1 amide bonds. The number of halogens is 1. The summed E-state index contributed by atoms with van der Waals surface area (Å²) in [5.41, 5.74) is -0.259. The Labute approximate surface area is 125 Å². The molecule has 21 heavy (non-hydrogen) atoms. The summed E-state index contributed by atoms with van der Waals surface area (Å²) in [4.78, 5) is 14.3. The Bertz CT molecular complexity index is 470. The first-order valence-electron chi connectivity index (χ1n) is 7.42. The molecule has 1 atom stereocenters. The normalized spacial score (nSPS) is 21.3. The van der Waals surface area contributed by atoms with Crippen LogP contribution in [0.4, 0.5) is 4.39 Å². The molecule has 1 aromatic rings. The summed E-state index contributed by atoms with van der Waals surface area (Å²) >= 11 is 0. The zero-order valence-corrected chi connectivity index (χ0v) is 12.7. The van der Waals surface area contributed by atoms with Gasteiger partial charge in [-0.25, -0.2) is 4.39 Å².